The van der Waals surface area contributed by atoms with Gasteiger partial charge in [-0.2, -0.15) is 0 Å². The number of carboxylic acid groups (broad SMARTS) is 1. The van der Waals surface area contributed by atoms with Crippen LogP contribution in [0.3, 0.4) is 0 Å². The topological polar surface area (TPSA) is 49.3 Å². The molecule has 0 bridgehead atoms. The maximum atomic E-state index is 11.3. The lowest BCUT2D eigenvalue weighted by molar-refractivity contribution is -0.141. The maximum absolute atomic E-state index is 11.3. The highest BCUT2D eigenvalue weighted by molar-refractivity contribution is 5.73. The Morgan fingerprint density at radius 1 is 1.38 bits per heavy atom. The summed E-state index contributed by atoms with van der Waals surface area (Å²) in [6.45, 7) is 4.22. The van der Waals surface area contributed by atoms with E-state index in [4.69, 9.17) is 0 Å². The average molecular weight is 227 g/mol. The Morgan fingerprint density at radius 2 is 2.00 bits per heavy atom. The second kappa shape index (κ2) is 6.89. The minimum absolute atomic E-state index is 0.313. The zero-order chi connectivity index (χ0) is 12.0. The highest BCUT2D eigenvalue weighted by Gasteiger charge is 2.29. The molecule has 2 N–H and O–H groups in total. The summed E-state index contributed by atoms with van der Waals surface area (Å²) in [4.78, 5) is 11.3. The van der Waals surface area contributed by atoms with E-state index in [9.17, 15) is 9.90 Å². The van der Waals surface area contributed by atoms with Crippen LogP contribution in [0.5, 0.6) is 0 Å². The van der Waals surface area contributed by atoms with Gasteiger partial charge in [0.25, 0.3) is 0 Å². The molecule has 1 saturated carbocycles. The third-order valence-electron chi connectivity index (χ3n) is 3.57. The number of nitrogens with one attached hydrogen (secondary N) is 1. The maximum Gasteiger partial charge on any atom is 0.320 e. The number of rotatable bonds is 6. The molecule has 3 heteroatoms. The molecule has 1 aliphatic rings. The third kappa shape index (κ3) is 4.12. The van der Waals surface area contributed by atoms with Crippen molar-refractivity contribution in [1.29, 1.82) is 0 Å². The van der Waals surface area contributed by atoms with Gasteiger partial charge in [-0.15, -0.1) is 0 Å². The third-order valence-corrected chi connectivity index (χ3v) is 3.57. The first-order valence-corrected chi connectivity index (χ1v) is 6.64. The predicted molar refractivity (Wildman–Crippen MR) is 65.5 cm³/mol. The Kier molecular flexibility index (Phi) is 5.81. The van der Waals surface area contributed by atoms with Gasteiger partial charge < -0.3 is 10.4 Å². The Bertz CT molecular complexity index is 212. The summed E-state index contributed by atoms with van der Waals surface area (Å²) >= 11 is 0. The van der Waals surface area contributed by atoms with Crippen molar-refractivity contribution in [3.8, 4) is 0 Å². The summed E-state index contributed by atoms with van der Waals surface area (Å²) in [5, 5.41) is 12.6. The number of carboxylic acids is 1. The molecule has 94 valence electrons. The zero-order valence-corrected chi connectivity index (χ0v) is 10.5. The quantitative estimate of drug-likeness (QED) is 0.733. The highest BCUT2D eigenvalue weighted by Crippen LogP contribution is 2.27. The Labute approximate surface area is 98.6 Å². The lowest BCUT2D eigenvalue weighted by atomic mass is 9.83. The fourth-order valence-corrected chi connectivity index (χ4v) is 2.70. The van der Waals surface area contributed by atoms with Crippen molar-refractivity contribution in [3.63, 3.8) is 0 Å². The lowest BCUT2D eigenvalue weighted by Gasteiger charge is -2.30. The van der Waals surface area contributed by atoms with Gasteiger partial charge in [0.05, 0.1) is 0 Å². The second-order valence-corrected chi connectivity index (χ2v) is 5.07. The van der Waals surface area contributed by atoms with E-state index in [0.717, 1.165) is 25.7 Å². The van der Waals surface area contributed by atoms with E-state index in [-0.39, 0.29) is 6.04 Å². The van der Waals surface area contributed by atoms with Gasteiger partial charge in [-0.3, -0.25) is 4.79 Å². The molecule has 0 aromatic heterocycles. The summed E-state index contributed by atoms with van der Waals surface area (Å²) in [5.41, 5.74) is 0. The van der Waals surface area contributed by atoms with Crippen molar-refractivity contribution in [2.75, 3.05) is 0 Å². The van der Waals surface area contributed by atoms with Crippen molar-refractivity contribution in [2.45, 2.75) is 70.9 Å². The van der Waals surface area contributed by atoms with Crippen molar-refractivity contribution >= 4 is 5.97 Å². The van der Waals surface area contributed by atoms with Gasteiger partial charge in [0, 0.05) is 6.04 Å². The summed E-state index contributed by atoms with van der Waals surface area (Å²) in [5.74, 6) is -0.333. The first-order chi connectivity index (χ1) is 7.65. The Balaban J connectivity index is 2.48. The van der Waals surface area contributed by atoms with Gasteiger partial charge in [0.1, 0.15) is 6.04 Å². The molecule has 0 amide bonds. The Hall–Kier alpha value is -0.570. The molecule has 0 saturated heterocycles. The molecule has 0 aliphatic heterocycles. The number of hydrogen-bond acceptors (Lipinski definition) is 2. The van der Waals surface area contributed by atoms with Crippen molar-refractivity contribution in [3.05, 3.63) is 0 Å². The van der Waals surface area contributed by atoms with E-state index in [1.54, 1.807) is 0 Å². The first-order valence-electron chi connectivity index (χ1n) is 6.64. The standard InChI is InChI=1S/C13H25NO2/c1-3-7-10(2)14-12(13(15)16)11-8-5-4-6-9-11/h10-12,14H,3-9H2,1-2H3,(H,15,16). The molecule has 0 radical (unpaired) electrons. The van der Waals surface area contributed by atoms with Crippen LogP contribution in [-0.4, -0.2) is 23.2 Å². The lowest BCUT2D eigenvalue weighted by Crippen LogP contribution is -2.47. The minimum atomic E-state index is -0.671. The van der Waals surface area contributed by atoms with Crippen LogP contribution in [-0.2, 0) is 4.79 Å². The molecule has 1 aliphatic carbocycles. The van der Waals surface area contributed by atoms with Crippen LogP contribution in [0, 0.1) is 5.92 Å². The molecule has 16 heavy (non-hydrogen) atoms. The molecule has 0 spiro atoms. The molecule has 0 aromatic rings. The summed E-state index contributed by atoms with van der Waals surface area (Å²) in [6.07, 6.45) is 7.96. The minimum Gasteiger partial charge on any atom is -0.480 e. The van der Waals surface area contributed by atoms with Crippen molar-refractivity contribution in [2.24, 2.45) is 5.92 Å². The molecule has 0 aromatic carbocycles. The Morgan fingerprint density at radius 3 is 2.50 bits per heavy atom. The van der Waals surface area contributed by atoms with E-state index < -0.39 is 5.97 Å². The van der Waals surface area contributed by atoms with Gasteiger partial charge in [0.15, 0.2) is 0 Å². The molecule has 1 rings (SSSR count). The second-order valence-electron chi connectivity index (χ2n) is 5.07. The van der Waals surface area contributed by atoms with Crippen LogP contribution in [0.15, 0.2) is 0 Å². The fourth-order valence-electron chi connectivity index (χ4n) is 2.70. The number of aliphatic carboxylic acids is 1. The van der Waals surface area contributed by atoms with Gasteiger partial charge >= 0.3 is 5.97 Å². The van der Waals surface area contributed by atoms with Crippen LogP contribution in [0.2, 0.25) is 0 Å². The smallest absolute Gasteiger partial charge is 0.320 e. The van der Waals surface area contributed by atoms with Gasteiger partial charge in [-0.25, -0.2) is 0 Å². The monoisotopic (exact) mass is 227 g/mol. The fraction of sp³-hybridized carbons (Fsp3) is 0.923. The summed E-state index contributed by atoms with van der Waals surface area (Å²) < 4.78 is 0. The molecular formula is C13H25NO2. The van der Waals surface area contributed by atoms with Gasteiger partial charge in [-0.1, -0.05) is 32.6 Å². The molecule has 1 fully saturated rings. The molecule has 2 atom stereocenters. The molecule has 2 unspecified atom stereocenters. The number of carbonyl (C=O) groups is 1. The van der Waals surface area contributed by atoms with Crippen LogP contribution in [0.1, 0.15) is 58.8 Å². The van der Waals surface area contributed by atoms with Crippen molar-refractivity contribution in [1.82, 2.24) is 5.32 Å². The SMILES string of the molecule is CCCC(C)NC(C(=O)O)C1CCCCC1. The summed E-state index contributed by atoms with van der Waals surface area (Å²) in [7, 11) is 0. The van der Waals surface area contributed by atoms with Gasteiger partial charge in [-0.05, 0) is 32.1 Å². The van der Waals surface area contributed by atoms with Crippen LogP contribution in [0.25, 0.3) is 0 Å². The van der Waals surface area contributed by atoms with E-state index in [0.29, 0.717) is 12.0 Å². The van der Waals surface area contributed by atoms with E-state index in [1.165, 1.54) is 19.3 Å². The van der Waals surface area contributed by atoms with Crippen LogP contribution < -0.4 is 5.32 Å². The number of hydrogen-bond donors (Lipinski definition) is 2. The summed E-state index contributed by atoms with van der Waals surface area (Å²) in [6, 6.07) is -0.0186. The average Bonchev–Trinajstić information content (AvgIpc) is 2.27. The highest BCUT2D eigenvalue weighted by atomic mass is 16.4. The van der Waals surface area contributed by atoms with Crippen LogP contribution in [0.4, 0.5) is 0 Å². The molecule has 0 heterocycles. The first kappa shape index (κ1) is 13.5. The van der Waals surface area contributed by atoms with E-state index in [2.05, 4.69) is 19.2 Å². The zero-order valence-electron chi connectivity index (χ0n) is 10.5. The van der Waals surface area contributed by atoms with Crippen LogP contribution >= 0.6 is 0 Å². The van der Waals surface area contributed by atoms with Gasteiger partial charge in [0.2, 0.25) is 0 Å². The van der Waals surface area contributed by atoms with Crippen molar-refractivity contribution < 1.29 is 9.90 Å². The normalized spacial score (nSPS) is 21.6. The molecular weight excluding hydrogens is 202 g/mol. The predicted octanol–water partition coefficient (Wildman–Crippen LogP) is 2.80. The van der Waals surface area contributed by atoms with E-state index >= 15 is 0 Å². The molecule has 3 nitrogen and oxygen atoms in total. The van der Waals surface area contributed by atoms with E-state index in [1.807, 2.05) is 0 Å². The largest absolute Gasteiger partial charge is 0.480 e.